The standard InChI is InChI=1S/C51H10B24N4O/c52-20-17(29(61)48-18(27(20)59)13-19(28(60)32(64)43(75)47(13)80-48)51-77-49(11-7-3-1-4-8-11)76-50(78-51)12-9-5-2-6-10-12)16-25(57)39(71)45(40(72)26(16)58)79(46-41(73)35(67)34(66)36(68)42(46)74)44-37(69)23(55)15(24(56)38(44)70)14-21(53)30(62)33(65)31(63)22(14)54/h1-10H. The summed E-state index contributed by atoms with van der Waals surface area (Å²) in [6, 6.07) is 18.4. The van der Waals surface area contributed by atoms with E-state index >= 15 is 0 Å². The van der Waals surface area contributed by atoms with E-state index in [0.717, 1.165) is 4.90 Å². The lowest BCUT2D eigenvalue weighted by atomic mass is 9.56. The van der Waals surface area contributed by atoms with Crippen molar-refractivity contribution in [2.24, 2.45) is 0 Å². The highest BCUT2D eigenvalue weighted by Crippen LogP contribution is 2.35. The van der Waals surface area contributed by atoms with Crippen LogP contribution >= 0.6 is 0 Å². The third-order valence-corrected chi connectivity index (χ3v) is 14.3. The Morgan fingerprint density at radius 2 is 0.500 bits per heavy atom. The molecule has 5 nitrogen and oxygen atoms in total. The molecule has 0 atom stereocenters. The number of hydrogen-bond donors (Lipinski definition) is 0. The van der Waals surface area contributed by atoms with E-state index < -0.39 is 0 Å². The van der Waals surface area contributed by atoms with E-state index in [9.17, 15) is 0 Å². The maximum Gasteiger partial charge on any atom is 0.164 e. The number of rotatable bonds is 8. The molecule has 0 aliphatic rings. The lowest BCUT2D eigenvalue weighted by Crippen LogP contribution is -2.59. The minimum absolute atomic E-state index is 0.00351. The van der Waals surface area contributed by atoms with Crippen molar-refractivity contribution in [1.29, 1.82) is 0 Å². The Labute approximate surface area is 496 Å². The summed E-state index contributed by atoms with van der Waals surface area (Å²) in [6.45, 7) is 0. The van der Waals surface area contributed by atoms with Crippen molar-refractivity contribution in [3.63, 3.8) is 0 Å². The fraction of sp³-hybridized carbons (Fsp3) is 0. The average Bonchev–Trinajstić information content (AvgIpc) is 4.06. The predicted molar refractivity (Wildman–Crippen MR) is 358 cm³/mol. The normalized spacial score (nSPS) is 11.4. The number of furan rings is 1. The summed E-state index contributed by atoms with van der Waals surface area (Å²) >= 11 is 0. The molecule has 0 N–H and O–H groups in total. The molecule has 10 rings (SSSR count). The third kappa shape index (κ3) is 8.53. The number of anilines is 3. The van der Waals surface area contributed by atoms with Crippen LogP contribution in [-0.2, 0) is 0 Å². The summed E-state index contributed by atoms with van der Waals surface area (Å²) < 4.78 is 6.55. The van der Waals surface area contributed by atoms with Crippen LogP contribution in [0.4, 0.5) is 17.1 Å². The molecule has 0 spiro atoms. The molecule has 48 radical (unpaired) electrons. The molecular formula is C51H10B24N4O. The summed E-state index contributed by atoms with van der Waals surface area (Å²) in [6.07, 6.45) is 0. The molecular weight excluding hydrogens is 944 g/mol. The van der Waals surface area contributed by atoms with Crippen LogP contribution in [0.2, 0.25) is 0 Å². The first-order chi connectivity index (χ1) is 37.8. The Hall–Kier alpha value is -6.07. The quantitative estimate of drug-likeness (QED) is 0.142. The average molecular weight is 954 g/mol. The van der Waals surface area contributed by atoms with E-state index in [4.69, 9.17) is 208 Å². The van der Waals surface area contributed by atoms with Crippen molar-refractivity contribution in [1.82, 2.24) is 15.0 Å². The maximum atomic E-state index is 7.14. The molecule has 0 aliphatic carbocycles. The van der Waals surface area contributed by atoms with E-state index in [0.29, 0.717) is 22.8 Å². The summed E-state index contributed by atoms with van der Waals surface area (Å²) in [5.74, 6) is 0.674. The molecule has 2 heterocycles. The highest BCUT2D eigenvalue weighted by Gasteiger charge is 2.32. The van der Waals surface area contributed by atoms with Crippen molar-refractivity contribution in [3.05, 3.63) is 60.7 Å². The molecule has 0 unspecified atom stereocenters. The zero-order chi connectivity index (χ0) is 58.1. The van der Waals surface area contributed by atoms with Crippen LogP contribution in [0.15, 0.2) is 65.1 Å². The van der Waals surface area contributed by atoms with Gasteiger partial charge in [-0.05, 0) is 27.7 Å². The van der Waals surface area contributed by atoms with Gasteiger partial charge in [-0.1, -0.05) is 148 Å². The fourth-order valence-electron chi connectivity index (χ4n) is 9.97. The molecule has 8 aromatic carbocycles. The van der Waals surface area contributed by atoms with Crippen LogP contribution in [0.1, 0.15) is 0 Å². The lowest BCUT2D eigenvalue weighted by Gasteiger charge is -2.40. The highest BCUT2D eigenvalue weighted by atomic mass is 16.3. The number of aromatic nitrogens is 3. The van der Waals surface area contributed by atoms with Crippen LogP contribution in [0, 0.1) is 0 Å². The Balaban J connectivity index is 1.26. The molecule has 0 saturated carbocycles. The Kier molecular flexibility index (Phi) is 15.0. The third-order valence-electron chi connectivity index (χ3n) is 14.3. The smallest absolute Gasteiger partial charge is 0.164 e. The van der Waals surface area contributed by atoms with Crippen molar-refractivity contribution in [2.45, 2.75) is 0 Å². The second kappa shape index (κ2) is 21.0. The van der Waals surface area contributed by atoms with E-state index in [-0.39, 0.29) is 204 Å². The summed E-state index contributed by atoms with van der Waals surface area (Å²) in [5, 5.41) is 0.338. The van der Waals surface area contributed by atoms with Gasteiger partial charge in [-0.2, -0.15) is 0 Å². The van der Waals surface area contributed by atoms with Crippen molar-refractivity contribution in [2.75, 3.05) is 4.90 Å². The Morgan fingerprint density at radius 1 is 0.237 bits per heavy atom. The van der Waals surface area contributed by atoms with Gasteiger partial charge in [0.25, 0.3) is 0 Å². The van der Waals surface area contributed by atoms with Crippen molar-refractivity contribution >= 4 is 358 Å². The van der Waals surface area contributed by atoms with Crippen molar-refractivity contribution in [3.8, 4) is 56.4 Å². The van der Waals surface area contributed by atoms with Crippen LogP contribution in [0.3, 0.4) is 0 Å². The number of hydrogen-bond acceptors (Lipinski definition) is 5. The largest absolute Gasteiger partial charge is 0.457 e. The van der Waals surface area contributed by atoms with Crippen LogP contribution in [0.25, 0.3) is 78.4 Å². The van der Waals surface area contributed by atoms with Gasteiger partial charge >= 0.3 is 0 Å². The molecule has 0 bridgehead atoms. The minimum atomic E-state index is -0.362. The van der Waals surface area contributed by atoms with Crippen molar-refractivity contribution < 1.29 is 4.42 Å². The molecule has 0 fully saturated rings. The summed E-state index contributed by atoms with van der Waals surface area (Å²) in [7, 11) is 162. The molecule has 0 amide bonds. The summed E-state index contributed by atoms with van der Waals surface area (Å²) in [5.41, 5.74) is -4.86. The molecule has 80 heavy (non-hydrogen) atoms. The predicted octanol–water partition coefficient (Wildman–Crippen LogP) is -15.4. The summed E-state index contributed by atoms with van der Waals surface area (Å²) in [4.78, 5) is 15.8. The SMILES string of the molecule is [B]c1c([B])c([B])c(-c2c([B])c([B])c(N(c3c([B])c([B])c([B])c([B])c3[B])c3c([B])c([B])c(-c4c([B])c([B])c5c(oc6c([B])c([B])c([B])c(-c7nc(-c8ccccc8)nc(-c8ccccc8)n7)c65)c4[B])c([B])c3[B])c([B])c2[B])c([B])c1[B]. The minimum Gasteiger partial charge on any atom is -0.457 e. The van der Waals surface area contributed by atoms with Gasteiger partial charge in [0.1, 0.15) is 199 Å². The van der Waals surface area contributed by atoms with E-state index in [1.54, 1.807) is 0 Å². The molecule has 0 saturated heterocycles. The zero-order valence-corrected chi connectivity index (χ0v) is 42.3. The molecule has 10 aromatic rings. The van der Waals surface area contributed by atoms with Crippen LogP contribution in [-0.4, -0.2) is 203 Å². The zero-order valence-electron chi connectivity index (χ0n) is 42.3. The van der Waals surface area contributed by atoms with Crippen LogP contribution in [0.5, 0.6) is 0 Å². The van der Waals surface area contributed by atoms with E-state index in [1.807, 2.05) is 60.7 Å². The van der Waals surface area contributed by atoms with Gasteiger partial charge in [-0.25, -0.2) is 15.0 Å². The second-order valence-electron chi connectivity index (χ2n) is 18.7. The molecule has 2 aromatic heterocycles. The van der Waals surface area contributed by atoms with Gasteiger partial charge in [0.15, 0.2) is 17.5 Å². The second-order valence-corrected chi connectivity index (χ2v) is 18.7. The van der Waals surface area contributed by atoms with Gasteiger partial charge in [-0.15, -0.1) is 38.2 Å². The lowest BCUT2D eigenvalue weighted by molar-refractivity contribution is 0.675. The van der Waals surface area contributed by atoms with Crippen LogP contribution < -0.4 is 136 Å². The molecule has 312 valence electrons. The molecule has 29 heteroatoms. The highest BCUT2D eigenvalue weighted by molar-refractivity contribution is 6.74. The van der Waals surface area contributed by atoms with E-state index in [2.05, 4.69) is 0 Å². The number of fused-ring (bicyclic) bond motifs is 3. The number of nitrogens with zero attached hydrogens (tertiary/aromatic N) is 4. The number of benzene rings is 8. The van der Waals surface area contributed by atoms with Gasteiger partial charge in [0.05, 0.1) is 0 Å². The molecule has 0 aliphatic heterocycles. The monoisotopic (exact) mass is 958 g/mol. The first kappa shape index (κ1) is 57.2. The topological polar surface area (TPSA) is 55.1 Å². The first-order valence-corrected chi connectivity index (χ1v) is 23.7. The Morgan fingerprint density at radius 3 is 0.887 bits per heavy atom. The van der Waals surface area contributed by atoms with Gasteiger partial charge < -0.3 is 9.32 Å². The fourth-order valence-corrected chi connectivity index (χ4v) is 9.97. The van der Waals surface area contributed by atoms with Gasteiger partial charge in [-0.3, -0.25) is 0 Å². The first-order valence-electron chi connectivity index (χ1n) is 23.7. The Bertz CT molecular complexity index is 4190. The van der Waals surface area contributed by atoms with E-state index in [1.165, 1.54) is 0 Å². The maximum absolute atomic E-state index is 7.14. The van der Waals surface area contributed by atoms with Gasteiger partial charge in [0, 0.05) is 44.5 Å². The van der Waals surface area contributed by atoms with Gasteiger partial charge in [0.2, 0.25) is 0 Å².